The molecule has 2 aromatic rings. The molecule has 3 heterocycles. The molecule has 0 saturated carbocycles. The average molecular weight is 390 g/mol. The summed E-state index contributed by atoms with van der Waals surface area (Å²) in [6, 6.07) is 7.85. The van der Waals surface area contributed by atoms with Crippen LogP contribution in [-0.2, 0) is 16.1 Å². The molecule has 8 nitrogen and oxygen atoms in total. The highest BCUT2D eigenvalue weighted by molar-refractivity contribution is 7.80. The zero-order valence-electron chi connectivity index (χ0n) is 15.1. The number of para-hydroxylation sites is 1. The zero-order chi connectivity index (χ0) is 18.6. The van der Waals surface area contributed by atoms with Crippen molar-refractivity contribution in [1.29, 1.82) is 0 Å². The van der Waals surface area contributed by atoms with Crippen molar-refractivity contribution in [2.24, 2.45) is 10.2 Å². The van der Waals surface area contributed by atoms with Gasteiger partial charge in [-0.05, 0) is 18.3 Å². The van der Waals surface area contributed by atoms with Crippen LogP contribution in [0.25, 0.3) is 10.9 Å². The van der Waals surface area contributed by atoms with Gasteiger partial charge in [0.15, 0.2) is 12.4 Å². The third-order valence-electron chi connectivity index (χ3n) is 5.02. The highest BCUT2D eigenvalue weighted by Gasteiger charge is 2.22. The Labute approximate surface area is 163 Å². The van der Waals surface area contributed by atoms with E-state index in [9.17, 15) is 5.11 Å². The minimum absolute atomic E-state index is 0.128. The lowest BCUT2D eigenvalue weighted by Gasteiger charge is -2.26. The van der Waals surface area contributed by atoms with Crippen LogP contribution in [0.15, 0.2) is 34.5 Å². The Morgan fingerprint density at radius 1 is 1.11 bits per heavy atom. The lowest BCUT2D eigenvalue weighted by Crippen LogP contribution is -3.13. The number of azo groups is 1. The Bertz CT molecular complexity index is 841. The number of aromatic hydroxyl groups is 1. The second-order valence-electron chi connectivity index (χ2n) is 6.72. The summed E-state index contributed by atoms with van der Waals surface area (Å²) >= 11 is 5.38. The number of benzene rings is 1. The number of rotatable bonds is 3. The van der Waals surface area contributed by atoms with E-state index in [-0.39, 0.29) is 5.88 Å². The van der Waals surface area contributed by atoms with Gasteiger partial charge in [0.25, 0.3) is 0 Å². The molecule has 0 aliphatic carbocycles. The van der Waals surface area contributed by atoms with Crippen molar-refractivity contribution in [2.75, 3.05) is 52.6 Å². The van der Waals surface area contributed by atoms with Gasteiger partial charge in [0.05, 0.1) is 31.9 Å². The standard InChI is InChI=1S/C18H23N5O3S/c24-17-16(19-20-18(27)22-7-11-26-12-8-22)14-3-1-2-4-15(14)23(17)13-21-5-9-25-10-6-21/h1-4,24H,5-13H2/p+1. The summed E-state index contributed by atoms with van der Waals surface area (Å²) in [4.78, 5) is 3.33. The van der Waals surface area contributed by atoms with Crippen LogP contribution >= 0.6 is 12.2 Å². The Morgan fingerprint density at radius 2 is 1.81 bits per heavy atom. The first-order chi connectivity index (χ1) is 13.2. The van der Waals surface area contributed by atoms with E-state index in [0.29, 0.717) is 43.8 Å². The molecule has 4 rings (SSSR count). The van der Waals surface area contributed by atoms with Crippen LogP contribution in [0.3, 0.4) is 0 Å². The Balaban J connectivity index is 1.61. The van der Waals surface area contributed by atoms with Crippen LogP contribution in [0.2, 0.25) is 0 Å². The van der Waals surface area contributed by atoms with Crippen LogP contribution in [0.4, 0.5) is 5.69 Å². The van der Waals surface area contributed by atoms with Gasteiger partial charge in [-0.25, -0.2) is 0 Å². The molecule has 1 aromatic carbocycles. The van der Waals surface area contributed by atoms with Crippen molar-refractivity contribution in [2.45, 2.75) is 6.67 Å². The molecule has 0 radical (unpaired) electrons. The van der Waals surface area contributed by atoms with Crippen molar-refractivity contribution in [3.63, 3.8) is 0 Å². The number of quaternary nitrogens is 1. The van der Waals surface area contributed by atoms with Crippen LogP contribution in [0.1, 0.15) is 0 Å². The number of fused-ring (bicyclic) bond motifs is 1. The minimum Gasteiger partial charge on any atom is -0.493 e. The molecule has 2 N–H and O–H groups in total. The quantitative estimate of drug-likeness (QED) is 0.602. The van der Waals surface area contributed by atoms with Crippen molar-refractivity contribution in [3.05, 3.63) is 24.3 Å². The molecule has 0 bridgehead atoms. The van der Waals surface area contributed by atoms with E-state index in [1.54, 1.807) is 0 Å². The summed E-state index contributed by atoms with van der Waals surface area (Å²) in [6.45, 7) is 6.71. The van der Waals surface area contributed by atoms with Gasteiger partial charge in [0, 0.05) is 18.5 Å². The summed E-state index contributed by atoms with van der Waals surface area (Å²) in [5.74, 6) is 0.128. The Morgan fingerprint density at radius 3 is 2.59 bits per heavy atom. The summed E-state index contributed by atoms with van der Waals surface area (Å²) < 4.78 is 12.7. The smallest absolute Gasteiger partial charge is 0.225 e. The molecule has 0 unspecified atom stereocenters. The molecular formula is C18H24N5O3S+. The lowest BCUT2D eigenvalue weighted by atomic mass is 10.2. The maximum absolute atomic E-state index is 10.9. The number of thiocarbonyl (C=S) groups is 1. The highest BCUT2D eigenvalue weighted by Crippen LogP contribution is 2.38. The molecule has 2 saturated heterocycles. The molecule has 144 valence electrons. The van der Waals surface area contributed by atoms with Crippen molar-refractivity contribution < 1.29 is 19.5 Å². The molecule has 27 heavy (non-hydrogen) atoms. The normalized spacial score (nSPS) is 19.2. The first-order valence-electron chi connectivity index (χ1n) is 9.24. The number of hydrogen-bond acceptors (Lipinski definition) is 5. The highest BCUT2D eigenvalue weighted by atomic mass is 32.1. The van der Waals surface area contributed by atoms with Crippen LogP contribution in [0, 0.1) is 0 Å². The van der Waals surface area contributed by atoms with Crippen molar-refractivity contribution >= 4 is 33.9 Å². The number of ether oxygens (including phenoxy) is 2. The number of aromatic nitrogens is 1. The molecule has 0 amide bonds. The van der Waals surface area contributed by atoms with E-state index < -0.39 is 0 Å². The van der Waals surface area contributed by atoms with Crippen LogP contribution in [0.5, 0.6) is 5.88 Å². The van der Waals surface area contributed by atoms with Crippen molar-refractivity contribution in [3.8, 4) is 5.88 Å². The summed E-state index contributed by atoms with van der Waals surface area (Å²) in [6.07, 6.45) is 0. The predicted molar refractivity (Wildman–Crippen MR) is 105 cm³/mol. The van der Waals surface area contributed by atoms with Gasteiger partial charge in [-0.1, -0.05) is 18.2 Å². The molecule has 9 heteroatoms. The molecule has 0 atom stereocenters. The first kappa shape index (κ1) is 18.3. The zero-order valence-corrected chi connectivity index (χ0v) is 16.0. The largest absolute Gasteiger partial charge is 0.493 e. The van der Waals surface area contributed by atoms with Crippen LogP contribution < -0.4 is 4.90 Å². The molecule has 0 spiro atoms. The maximum atomic E-state index is 10.9. The lowest BCUT2D eigenvalue weighted by molar-refractivity contribution is -0.930. The fraction of sp³-hybridized carbons (Fsp3) is 0.500. The van der Waals surface area contributed by atoms with E-state index >= 15 is 0 Å². The van der Waals surface area contributed by atoms with Gasteiger partial charge in [-0.2, -0.15) is 0 Å². The molecular weight excluding hydrogens is 366 g/mol. The van der Waals surface area contributed by atoms with Gasteiger partial charge < -0.3 is 24.4 Å². The van der Waals surface area contributed by atoms with E-state index in [1.807, 2.05) is 33.7 Å². The SMILES string of the molecule is Oc1c(N=NC(=S)N2CCOCC2)c2ccccc2n1C[NH+]1CCOCC1. The topological polar surface area (TPSA) is 76.0 Å². The summed E-state index contributed by atoms with van der Waals surface area (Å²) in [7, 11) is 0. The van der Waals surface area contributed by atoms with Crippen LogP contribution in [-0.4, -0.2) is 72.3 Å². The maximum Gasteiger partial charge on any atom is 0.225 e. The third kappa shape index (κ3) is 3.96. The molecule has 2 aliphatic heterocycles. The second-order valence-corrected chi connectivity index (χ2v) is 7.09. The number of morpholine rings is 2. The fourth-order valence-electron chi connectivity index (χ4n) is 3.48. The van der Waals surface area contributed by atoms with E-state index in [4.69, 9.17) is 21.7 Å². The van der Waals surface area contributed by atoms with Gasteiger partial charge in [-0.3, -0.25) is 4.57 Å². The number of hydrogen-bond donors (Lipinski definition) is 2. The Hall–Kier alpha value is -2.07. The van der Waals surface area contributed by atoms with E-state index in [0.717, 1.165) is 37.2 Å². The van der Waals surface area contributed by atoms with Gasteiger partial charge in [-0.15, -0.1) is 10.2 Å². The predicted octanol–water partition coefficient (Wildman–Crippen LogP) is 0.920. The van der Waals surface area contributed by atoms with Gasteiger partial charge in [0.2, 0.25) is 11.0 Å². The molecule has 1 aromatic heterocycles. The molecule has 2 fully saturated rings. The number of nitrogens with zero attached hydrogens (tertiary/aromatic N) is 4. The third-order valence-corrected chi connectivity index (χ3v) is 5.36. The minimum atomic E-state index is 0.128. The first-order valence-corrected chi connectivity index (χ1v) is 9.65. The monoisotopic (exact) mass is 390 g/mol. The summed E-state index contributed by atoms with van der Waals surface area (Å²) in [5.41, 5.74) is 1.41. The number of nitrogens with one attached hydrogen (secondary N) is 1. The average Bonchev–Trinajstić information content (AvgIpc) is 2.99. The van der Waals surface area contributed by atoms with Crippen molar-refractivity contribution in [1.82, 2.24) is 9.47 Å². The Kier molecular flexibility index (Phi) is 5.63. The second kappa shape index (κ2) is 8.30. The van der Waals surface area contributed by atoms with Gasteiger partial charge in [0.1, 0.15) is 13.1 Å². The fourth-order valence-corrected chi connectivity index (χ4v) is 3.71. The van der Waals surface area contributed by atoms with E-state index in [2.05, 4.69) is 10.2 Å². The molecule has 2 aliphatic rings. The van der Waals surface area contributed by atoms with Gasteiger partial charge >= 0.3 is 0 Å². The summed E-state index contributed by atoms with van der Waals surface area (Å²) in [5, 5.41) is 20.7. The van der Waals surface area contributed by atoms with E-state index in [1.165, 1.54) is 4.90 Å².